The van der Waals surface area contributed by atoms with Crippen LogP contribution in [0.3, 0.4) is 0 Å². The number of hydrazone groups is 1. The number of carbonyl (C=O) groups is 2. The van der Waals surface area contributed by atoms with E-state index in [0.29, 0.717) is 28.8 Å². The first-order chi connectivity index (χ1) is 19.5. The molecular formula is C29H26N4O6S. The average Bonchev–Trinajstić information content (AvgIpc) is 3.72. The number of amides is 2. The third kappa shape index (κ3) is 5.20. The number of benzene rings is 3. The van der Waals surface area contributed by atoms with Gasteiger partial charge in [0, 0.05) is 24.6 Å². The molecule has 0 radical (unpaired) electrons. The van der Waals surface area contributed by atoms with Crippen molar-refractivity contribution in [1.29, 1.82) is 0 Å². The number of nitrogens with one attached hydrogen (secondary N) is 1. The van der Waals surface area contributed by atoms with Crippen molar-refractivity contribution in [3.05, 3.63) is 77.9 Å². The molecule has 0 unspecified atom stereocenters. The Kier molecular flexibility index (Phi) is 7.04. The lowest BCUT2D eigenvalue weighted by Crippen LogP contribution is -2.25. The average molecular weight is 559 g/mol. The van der Waals surface area contributed by atoms with E-state index < -0.39 is 5.25 Å². The minimum Gasteiger partial charge on any atom is -0.497 e. The third-order valence-corrected chi connectivity index (χ3v) is 7.93. The van der Waals surface area contributed by atoms with Crippen molar-refractivity contribution in [2.45, 2.75) is 24.1 Å². The molecule has 0 saturated heterocycles. The number of anilines is 1. The number of hydrogen-bond acceptors (Lipinski definition) is 9. The zero-order valence-electron chi connectivity index (χ0n) is 21.8. The van der Waals surface area contributed by atoms with Gasteiger partial charge >= 0.3 is 0 Å². The normalized spacial score (nSPS) is 19.4. The van der Waals surface area contributed by atoms with E-state index in [1.54, 1.807) is 37.4 Å². The summed E-state index contributed by atoms with van der Waals surface area (Å²) in [5.74, 6) is 2.05. The molecule has 10 nitrogen and oxygen atoms in total. The molecule has 1 N–H and O–H groups in total. The van der Waals surface area contributed by atoms with E-state index in [2.05, 4.69) is 10.3 Å². The third-order valence-electron chi connectivity index (χ3n) is 6.79. The lowest BCUT2D eigenvalue weighted by atomic mass is 9.98. The van der Waals surface area contributed by atoms with Crippen molar-refractivity contribution in [2.75, 3.05) is 26.3 Å². The minimum absolute atomic E-state index is 0.0268. The smallest absolute Gasteiger partial charge is 0.262 e. The van der Waals surface area contributed by atoms with Gasteiger partial charge in [0.15, 0.2) is 16.7 Å². The maximum absolute atomic E-state index is 12.9. The van der Waals surface area contributed by atoms with Crippen LogP contribution in [-0.2, 0) is 9.59 Å². The predicted molar refractivity (Wildman–Crippen MR) is 151 cm³/mol. The summed E-state index contributed by atoms with van der Waals surface area (Å²) in [4.78, 5) is 30.0. The molecule has 0 bridgehead atoms. The van der Waals surface area contributed by atoms with Gasteiger partial charge in [-0.15, -0.1) is 0 Å². The highest BCUT2D eigenvalue weighted by Crippen LogP contribution is 2.39. The first kappa shape index (κ1) is 25.8. The number of rotatable bonds is 7. The number of methoxy groups -OCH3 is 2. The highest BCUT2D eigenvalue weighted by molar-refractivity contribution is 8.15. The van der Waals surface area contributed by atoms with Crippen molar-refractivity contribution in [2.24, 2.45) is 10.1 Å². The lowest BCUT2D eigenvalue weighted by molar-refractivity contribution is -0.121. The van der Waals surface area contributed by atoms with Gasteiger partial charge in [-0.2, -0.15) is 10.1 Å². The standard InChI is InChI=1S/C29H26N4O6S/c1-36-20-8-3-17(4-9-20)22-14-23(18-5-10-21(37-2)11-6-18)33(32-22)29-31-28(35)26(40-29)15-27(34)30-19-7-12-24-25(13-19)39-16-38-24/h3-13,23,26H,14-16H2,1-2H3,(H,30,34)/t23-,26-/m0/s1. The second-order valence-corrected chi connectivity index (χ2v) is 10.4. The van der Waals surface area contributed by atoms with Crippen LogP contribution in [0.1, 0.15) is 30.0 Å². The predicted octanol–water partition coefficient (Wildman–Crippen LogP) is 4.61. The van der Waals surface area contributed by atoms with E-state index >= 15 is 0 Å². The Morgan fingerprint density at radius 2 is 1.70 bits per heavy atom. The zero-order chi connectivity index (χ0) is 27.6. The Morgan fingerprint density at radius 1 is 1.00 bits per heavy atom. The topological polar surface area (TPSA) is 111 Å². The largest absolute Gasteiger partial charge is 0.497 e. The molecular weight excluding hydrogens is 532 g/mol. The number of carbonyl (C=O) groups excluding carboxylic acids is 2. The molecule has 0 saturated carbocycles. The molecule has 3 aliphatic heterocycles. The molecule has 3 aromatic carbocycles. The SMILES string of the molecule is COc1ccc(C2=NN(C3=NC(=O)[C@H](CC(=O)Nc4ccc5c(c4)OCO5)S3)[C@H](c3ccc(OC)cc3)C2)cc1. The van der Waals surface area contributed by atoms with Crippen LogP contribution in [0.25, 0.3) is 0 Å². The van der Waals surface area contributed by atoms with E-state index in [-0.39, 0.29) is 31.1 Å². The molecule has 0 aromatic heterocycles. The fourth-order valence-electron chi connectivity index (χ4n) is 4.69. The van der Waals surface area contributed by atoms with E-state index in [0.717, 1.165) is 28.3 Å². The molecule has 3 heterocycles. The maximum atomic E-state index is 12.9. The lowest BCUT2D eigenvalue weighted by Gasteiger charge is -2.23. The number of nitrogens with zero attached hydrogens (tertiary/aromatic N) is 3. The Hall–Kier alpha value is -4.51. The van der Waals surface area contributed by atoms with Crippen molar-refractivity contribution in [3.8, 4) is 23.0 Å². The fraction of sp³-hybridized carbons (Fsp3) is 0.241. The van der Waals surface area contributed by atoms with E-state index in [4.69, 9.17) is 24.0 Å². The highest BCUT2D eigenvalue weighted by atomic mass is 32.2. The second-order valence-electron chi connectivity index (χ2n) is 9.27. The summed E-state index contributed by atoms with van der Waals surface area (Å²) in [6.07, 6.45) is 0.586. The van der Waals surface area contributed by atoms with Crippen LogP contribution in [0.5, 0.6) is 23.0 Å². The quantitative estimate of drug-likeness (QED) is 0.448. The fourth-order valence-corrected chi connectivity index (χ4v) is 5.75. The number of thioether (sulfide) groups is 1. The van der Waals surface area contributed by atoms with Gasteiger partial charge in [-0.05, 0) is 59.7 Å². The van der Waals surface area contributed by atoms with Crippen LogP contribution in [0, 0.1) is 0 Å². The van der Waals surface area contributed by atoms with Crippen molar-refractivity contribution >= 4 is 40.1 Å². The molecule has 0 spiro atoms. The van der Waals surface area contributed by atoms with Gasteiger partial charge in [0.2, 0.25) is 12.7 Å². The van der Waals surface area contributed by atoms with Gasteiger partial charge < -0.3 is 24.3 Å². The van der Waals surface area contributed by atoms with Crippen molar-refractivity contribution < 1.29 is 28.5 Å². The molecule has 40 heavy (non-hydrogen) atoms. The van der Waals surface area contributed by atoms with Gasteiger partial charge in [-0.1, -0.05) is 23.9 Å². The van der Waals surface area contributed by atoms with Crippen LogP contribution >= 0.6 is 11.8 Å². The number of amidine groups is 1. The Balaban J connectivity index is 1.19. The van der Waals surface area contributed by atoms with Crippen LogP contribution in [0.15, 0.2) is 76.8 Å². The van der Waals surface area contributed by atoms with Crippen LogP contribution in [0.2, 0.25) is 0 Å². The summed E-state index contributed by atoms with van der Waals surface area (Å²) in [6.45, 7) is 0.150. The highest BCUT2D eigenvalue weighted by Gasteiger charge is 2.39. The maximum Gasteiger partial charge on any atom is 0.262 e. The van der Waals surface area contributed by atoms with Crippen molar-refractivity contribution in [3.63, 3.8) is 0 Å². The van der Waals surface area contributed by atoms with E-state index in [9.17, 15) is 9.59 Å². The molecule has 6 rings (SSSR count). The summed E-state index contributed by atoms with van der Waals surface area (Å²) >= 11 is 1.25. The van der Waals surface area contributed by atoms with E-state index in [1.807, 2.05) is 48.5 Å². The summed E-state index contributed by atoms with van der Waals surface area (Å²) in [5.41, 5.74) is 3.39. The molecule has 2 amide bonds. The van der Waals surface area contributed by atoms with Gasteiger partial charge in [-0.3, -0.25) is 9.59 Å². The zero-order valence-corrected chi connectivity index (χ0v) is 22.6. The molecule has 2 atom stereocenters. The molecule has 3 aromatic rings. The first-order valence-corrected chi connectivity index (χ1v) is 13.5. The molecule has 0 fully saturated rings. The van der Waals surface area contributed by atoms with E-state index in [1.165, 1.54) is 11.8 Å². The van der Waals surface area contributed by atoms with Crippen LogP contribution in [0.4, 0.5) is 5.69 Å². The summed E-state index contributed by atoms with van der Waals surface area (Å²) < 4.78 is 21.3. The number of hydrogen-bond donors (Lipinski definition) is 1. The van der Waals surface area contributed by atoms with Gasteiger partial charge in [0.25, 0.3) is 5.91 Å². The summed E-state index contributed by atoms with van der Waals surface area (Å²) in [6, 6.07) is 20.5. The Bertz CT molecular complexity index is 1510. The number of aliphatic imine (C=N–C) groups is 1. The van der Waals surface area contributed by atoms with Gasteiger partial charge in [-0.25, -0.2) is 5.01 Å². The number of fused-ring (bicyclic) bond motifs is 1. The first-order valence-electron chi connectivity index (χ1n) is 12.6. The monoisotopic (exact) mass is 558 g/mol. The van der Waals surface area contributed by atoms with Crippen molar-refractivity contribution in [1.82, 2.24) is 5.01 Å². The minimum atomic E-state index is -0.652. The molecule has 11 heteroatoms. The summed E-state index contributed by atoms with van der Waals surface area (Å²) in [7, 11) is 3.25. The Labute approximate surface area is 235 Å². The molecule has 3 aliphatic rings. The second kappa shape index (κ2) is 10.9. The Morgan fingerprint density at radius 3 is 2.42 bits per heavy atom. The van der Waals surface area contributed by atoms with Gasteiger partial charge in [0.05, 0.1) is 26.0 Å². The molecule has 0 aliphatic carbocycles. The summed E-state index contributed by atoms with van der Waals surface area (Å²) in [5, 5.41) is 9.33. The van der Waals surface area contributed by atoms with Crippen LogP contribution < -0.4 is 24.3 Å². The van der Waals surface area contributed by atoms with Gasteiger partial charge in [0.1, 0.15) is 16.7 Å². The molecule has 204 valence electrons. The van der Waals surface area contributed by atoms with Crippen LogP contribution in [-0.4, -0.2) is 54.0 Å². The number of ether oxygens (including phenoxy) is 4.